The lowest BCUT2D eigenvalue weighted by Crippen LogP contribution is -2.00. The van der Waals surface area contributed by atoms with Crippen molar-refractivity contribution in [3.63, 3.8) is 0 Å². The Balaban J connectivity index is 3.86. The van der Waals surface area contributed by atoms with Crippen LogP contribution in [0.1, 0.15) is 20.8 Å². The Kier molecular flexibility index (Phi) is 2.37. The average molecular weight is 129 g/mol. The summed E-state index contributed by atoms with van der Waals surface area (Å²) in [6.07, 6.45) is 2.53. The fourth-order valence-electron chi connectivity index (χ4n) is 0.284. The van der Waals surface area contributed by atoms with E-state index in [2.05, 4.69) is 0 Å². The minimum atomic E-state index is -0.453. The number of nitrogens with zero attached hydrogens (tertiary/aromatic N) is 1. The van der Waals surface area contributed by atoms with E-state index in [-0.39, 0.29) is 5.41 Å². The number of nitro groups is 1. The van der Waals surface area contributed by atoms with Gasteiger partial charge in [-0.25, -0.2) is 0 Å². The van der Waals surface area contributed by atoms with E-state index in [1.54, 1.807) is 6.08 Å². The van der Waals surface area contributed by atoms with Gasteiger partial charge in [0.1, 0.15) is 0 Å². The number of hydrogen-bond donors (Lipinski definition) is 0. The lowest BCUT2D eigenvalue weighted by molar-refractivity contribution is -0.403. The van der Waals surface area contributed by atoms with Gasteiger partial charge in [-0.1, -0.05) is 20.8 Å². The van der Waals surface area contributed by atoms with Gasteiger partial charge < -0.3 is 0 Å². The zero-order valence-electron chi connectivity index (χ0n) is 5.92. The van der Waals surface area contributed by atoms with Crippen LogP contribution in [0.2, 0.25) is 0 Å². The molecule has 0 spiro atoms. The highest BCUT2D eigenvalue weighted by Gasteiger charge is 2.05. The lowest BCUT2D eigenvalue weighted by Gasteiger charge is -2.07. The Hall–Kier alpha value is -0.860. The predicted molar refractivity (Wildman–Crippen MR) is 35.6 cm³/mol. The highest BCUT2D eigenvalue weighted by molar-refractivity contribution is 4.86. The van der Waals surface area contributed by atoms with Crippen LogP contribution in [0.3, 0.4) is 0 Å². The van der Waals surface area contributed by atoms with Crippen molar-refractivity contribution in [1.82, 2.24) is 0 Å². The van der Waals surface area contributed by atoms with Crippen LogP contribution in [0.4, 0.5) is 0 Å². The van der Waals surface area contributed by atoms with Gasteiger partial charge in [0.2, 0.25) is 6.20 Å². The van der Waals surface area contributed by atoms with Gasteiger partial charge in [-0.05, 0) is 11.5 Å². The Morgan fingerprint density at radius 2 is 1.89 bits per heavy atom. The molecule has 0 saturated carbocycles. The molecule has 0 amide bonds. The zero-order valence-corrected chi connectivity index (χ0v) is 5.92. The van der Waals surface area contributed by atoms with Gasteiger partial charge in [-0.2, -0.15) is 0 Å². The molecule has 0 aliphatic rings. The molecule has 9 heavy (non-hydrogen) atoms. The van der Waals surface area contributed by atoms with Crippen LogP contribution in [-0.4, -0.2) is 4.92 Å². The molecule has 0 atom stereocenters. The molecule has 0 radical (unpaired) electrons. The largest absolute Gasteiger partial charge is 0.259 e. The molecule has 0 aromatic rings. The number of hydrogen-bond acceptors (Lipinski definition) is 2. The molecule has 0 aromatic carbocycles. The molecular formula is C6H11NO2. The predicted octanol–water partition coefficient (Wildman–Crippen LogP) is 1.82. The third-order valence-corrected chi connectivity index (χ3v) is 0.696. The Bertz CT molecular complexity index is 132. The molecule has 0 aromatic heterocycles. The molecule has 0 unspecified atom stereocenters. The molecule has 0 fully saturated rings. The molecule has 3 nitrogen and oxygen atoms in total. The second-order valence-corrected chi connectivity index (χ2v) is 2.97. The minimum Gasteiger partial charge on any atom is -0.259 e. The topological polar surface area (TPSA) is 43.1 Å². The van der Waals surface area contributed by atoms with Crippen molar-refractivity contribution in [3.8, 4) is 0 Å². The van der Waals surface area contributed by atoms with E-state index in [0.29, 0.717) is 0 Å². The van der Waals surface area contributed by atoms with Crippen LogP contribution >= 0.6 is 0 Å². The van der Waals surface area contributed by atoms with Crippen LogP contribution in [0.5, 0.6) is 0 Å². The second-order valence-electron chi connectivity index (χ2n) is 2.97. The summed E-state index contributed by atoms with van der Waals surface area (Å²) in [6.45, 7) is 5.73. The first-order valence-electron chi connectivity index (χ1n) is 2.75. The van der Waals surface area contributed by atoms with Crippen LogP contribution < -0.4 is 0 Å². The van der Waals surface area contributed by atoms with E-state index in [1.807, 2.05) is 20.8 Å². The molecule has 0 aliphatic heterocycles. The van der Waals surface area contributed by atoms with Gasteiger partial charge in [0.25, 0.3) is 0 Å². The molecular weight excluding hydrogens is 118 g/mol. The lowest BCUT2D eigenvalue weighted by atomic mass is 9.97. The number of rotatable bonds is 1. The second kappa shape index (κ2) is 2.62. The van der Waals surface area contributed by atoms with Gasteiger partial charge in [0.05, 0.1) is 4.92 Å². The first-order valence-corrected chi connectivity index (χ1v) is 2.75. The van der Waals surface area contributed by atoms with Crippen molar-refractivity contribution in [2.75, 3.05) is 0 Å². The molecule has 0 N–H and O–H groups in total. The van der Waals surface area contributed by atoms with Crippen LogP contribution in [-0.2, 0) is 0 Å². The summed E-state index contributed by atoms with van der Waals surface area (Å²) in [5, 5.41) is 9.76. The summed E-state index contributed by atoms with van der Waals surface area (Å²) < 4.78 is 0. The van der Waals surface area contributed by atoms with Crippen molar-refractivity contribution in [1.29, 1.82) is 0 Å². The van der Waals surface area contributed by atoms with Crippen LogP contribution in [0.15, 0.2) is 12.3 Å². The number of allylic oxidation sites excluding steroid dienone is 1. The average Bonchev–Trinajstić information content (AvgIpc) is 1.59. The molecule has 0 bridgehead atoms. The van der Waals surface area contributed by atoms with Gasteiger partial charge >= 0.3 is 0 Å². The van der Waals surface area contributed by atoms with E-state index < -0.39 is 4.92 Å². The van der Waals surface area contributed by atoms with Gasteiger partial charge in [0, 0.05) is 0 Å². The normalized spacial score (nSPS) is 12.3. The maximum atomic E-state index is 9.76. The fraction of sp³-hybridized carbons (Fsp3) is 0.667. The molecule has 0 heterocycles. The monoisotopic (exact) mass is 129 g/mol. The Labute approximate surface area is 54.5 Å². The van der Waals surface area contributed by atoms with Crippen molar-refractivity contribution < 1.29 is 4.92 Å². The molecule has 3 heteroatoms. The van der Waals surface area contributed by atoms with E-state index in [0.717, 1.165) is 6.20 Å². The fourth-order valence-corrected chi connectivity index (χ4v) is 0.284. The van der Waals surface area contributed by atoms with E-state index in [9.17, 15) is 10.1 Å². The van der Waals surface area contributed by atoms with Crippen LogP contribution in [0.25, 0.3) is 0 Å². The third-order valence-electron chi connectivity index (χ3n) is 0.696. The highest BCUT2D eigenvalue weighted by atomic mass is 16.6. The summed E-state index contributed by atoms with van der Waals surface area (Å²) in [7, 11) is 0. The van der Waals surface area contributed by atoms with Gasteiger partial charge in [-0.3, -0.25) is 10.1 Å². The summed E-state index contributed by atoms with van der Waals surface area (Å²) in [5.74, 6) is 0. The maximum Gasteiger partial charge on any atom is 0.231 e. The van der Waals surface area contributed by atoms with E-state index in [1.165, 1.54) is 0 Å². The van der Waals surface area contributed by atoms with Gasteiger partial charge in [-0.15, -0.1) is 0 Å². The molecule has 0 saturated heterocycles. The van der Waals surface area contributed by atoms with E-state index >= 15 is 0 Å². The van der Waals surface area contributed by atoms with E-state index in [4.69, 9.17) is 0 Å². The Morgan fingerprint density at radius 1 is 1.44 bits per heavy atom. The maximum absolute atomic E-state index is 9.76. The summed E-state index contributed by atoms with van der Waals surface area (Å²) in [5.41, 5.74) is -0.0902. The van der Waals surface area contributed by atoms with Gasteiger partial charge in [0.15, 0.2) is 0 Å². The summed E-state index contributed by atoms with van der Waals surface area (Å²) >= 11 is 0. The van der Waals surface area contributed by atoms with Crippen molar-refractivity contribution in [2.45, 2.75) is 20.8 Å². The molecule has 0 aliphatic carbocycles. The van der Waals surface area contributed by atoms with Crippen molar-refractivity contribution in [2.24, 2.45) is 5.41 Å². The Morgan fingerprint density at radius 3 is 2.00 bits per heavy atom. The highest BCUT2D eigenvalue weighted by Crippen LogP contribution is 2.13. The summed E-state index contributed by atoms with van der Waals surface area (Å²) in [4.78, 5) is 9.31. The first-order chi connectivity index (χ1) is 3.92. The first kappa shape index (κ1) is 8.14. The zero-order chi connectivity index (χ0) is 7.49. The summed E-state index contributed by atoms with van der Waals surface area (Å²) in [6, 6.07) is 0. The van der Waals surface area contributed by atoms with Crippen molar-refractivity contribution in [3.05, 3.63) is 22.4 Å². The third kappa shape index (κ3) is 7.14. The molecule has 52 valence electrons. The SMILES string of the molecule is CC(C)(C)/C=C/[N+](=O)[O-]. The standard InChI is InChI=1S/C6H11NO2/c1-6(2,3)4-5-7(8)9/h4-5H,1-3H3/b5-4+. The molecule has 0 rings (SSSR count). The van der Waals surface area contributed by atoms with Crippen LogP contribution in [0, 0.1) is 15.5 Å². The quantitative estimate of drug-likeness (QED) is 0.400. The van der Waals surface area contributed by atoms with Crippen molar-refractivity contribution >= 4 is 0 Å². The minimum absolute atomic E-state index is 0.0902. The smallest absolute Gasteiger partial charge is 0.231 e.